The van der Waals surface area contributed by atoms with Crippen molar-refractivity contribution < 1.29 is 26.4 Å². The number of sulfonamides is 1. The molecule has 3 heterocycles. The summed E-state index contributed by atoms with van der Waals surface area (Å²) in [5.74, 6) is -0.0648. The minimum atomic E-state index is -4.44. The first-order valence-electron chi connectivity index (χ1n) is 10.6. The second-order valence-electron chi connectivity index (χ2n) is 7.80. The van der Waals surface area contributed by atoms with Crippen LogP contribution in [0.3, 0.4) is 0 Å². The second kappa shape index (κ2) is 10.2. The van der Waals surface area contributed by atoms with Gasteiger partial charge in [-0.25, -0.2) is 13.4 Å². The normalized spacial score (nSPS) is 16.3. The fourth-order valence-electron chi connectivity index (χ4n) is 3.61. The predicted molar refractivity (Wildman–Crippen MR) is 132 cm³/mol. The van der Waals surface area contributed by atoms with Crippen LogP contribution >= 0.6 is 22.9 Å². The molecule has 0 spiro atoms. The van der Waals surface area contributed by atoms with Gasteiger partial charge in [-0.3, -0.25) is 4.79 Å². The molecule has 2 N–H and O–H groups in total. The van der Waals surface area contributed by atoms with Gasteiger partial charge in [0.25, 0.3) is 10.0 Å². The number of nitrogens with zero attached hydrogens (tertiary/aromatic N) is 2. The van der Waals surface area contributed by atoms with E-state index in [0.29, 0.717) is 27.0 Å². The Bertz CT molecular complexity index is 1410. The lowest BCUT2D eigenvalue weighted by atomic mass is 10.1. The molecule has 0 radical (unpaired) electrons. The molecule has 0 aliphatic carbocycles. The first-order chi connectivity index (χ1) is 17.0. The summed E-state index contributed by atoms with van der Waals surface area (Å²) in [4.78, 5) is 17.3. The highest BCUT2D eigenvalue weighted by molar-refractivity contribution is 7.91. The number of thiophene rings is 1. The van der Waals surface area contributed by atoms with Crippen molar-refractivity contribution in [2.24, 2.45) is 0 Å². The number of pyridine rings is 1. The number of carbonyl (C=O) groups excluding carboxylic acids is 1. The predicted octanol–water partition coefficient (Wildman–Crippen LogP) is 4.77. The highest BCUT2D eigenvalue weighted by Gasteiger charge is 2.37. The summed E-state index contributed by atoms with van der Waals surface area (Å²) in [5.41, 5.74) is 0.745. The van der Waals surface area contributed by atoms with Crippen molar-refractivity contribution >= 4 is 44.7 Å². The summed E-state index contributed by atoms with van der Waals surface area (Å²) in [6.07, 6.45) is -1.33. The molecular weight excluding hydrogens is 537 g/mol. The van der Waals surface area contributed by atoms with Crippen molar-refractivity contribution in [2.45, 2.75) is 23.0 Å². The number of anilines is 1. The number of aromatic nitrogens is 1. The fraction of sp³-hybridized carbons (Fsp3) is 0.217. The molecule has 1 amide bonds. The van der Waals surface area contributed by atoms with Crippen LogP contribution in [-0.2, 0) is 27.5 Å². The minimum Gasteiger partial charge on any atom is -0.373 e. The Hall–Kier alpha value is -2.93. The number of rotatable bonds is 7. The highest BCUT2D eigenvalue weighted by atomic mass is 35.5. The lowest BCUT2D eigenvalue weighted by Gasteiger charge is -2.22. The average Bonchev–Trinajstić information content (AvgIpc) is 3.52. The molecule has 7 nitrogen and oxygen atoms in total. The van der Waals surface area contributed by atoms with Gasteiger partial charge >= 0.3 is 6.18 Å². The first kappa shape index (κ1) is 26.1. The van der Waals surface area contributed by atoms with E-state index in [-0.39, 0.29) is 17.3 Å². The highest BCUT2D eigenvalue weighted by Crippen LogP contribution is 2.32. The van der Waals surface area contributed by atoms with Crippen molar-refractivity contribution in [3.63, 3.8) is 0 Å². The lowest BCUT2D eigenvalue weighted by Crippen LogP contribution is -2.45. The third-order valence-electron chi connectivity index (χ3n) is 5.41. The summed E-state index contributed by atoms with van der Waals surface area (Å²) in [5, 5.41) is 5.63. The largest absolute Gasteiger partial charge is 0.416 e. The van der Waals surface area contributed by atoms with E-state index in [4.69, 9.17) is 11.6 Å². The second-order valence-corrected chi connectivity index (χ2v) is 11.6. The lowest BCUT2D eigenvalue weighted by molar-refractivity contribution is -0.137. The smallest absolute Gasteiger partial charge is 0.373 e. The summed E-state index contributed by atoms with van der Waals surface area (Å²) in [7, 11) is -2.28. The number of nitrogens with one attached hydrogen (secondary N) is 2. The van der Waals surface area contributed by atoms with E-state index in [0.717, 1.165) is 27.8 Å². The van der Waals surface area contributed by atoms with Crippen LogP contribution in [0.4, 0.5) is 19.0 Å². The van der Waals surface area contributed by atoms with Crippen LogP contribution < -0.4 is 10.6 Å². The molecule has 0 unspecified atom stereocenters. The maximum absolute atomic E-state index is 13.0. The van der Waals surface area contributed by atoms with E-state index in [9.17, 15) is 26.4 Å². The van der Waals surface area contributed by atoms with Crippen LogP contribution in [0.15, 0.2) is 64.9 Å². The summed E-state index contributed by atoms with van der Waals surface area (Å²) in [6.45, 7) is 0.0971. The molecule has 3 aromatic rings. The molecule has 190 valence electrons. The minimum absolute atomic E-state index is 0.0444. The molecule has 1 aliphatic heterocycles. The van der Waals surface area contributed by atoms with Crippen molar-refractivity contribution in [1.82, 2.24) is 14.6 Å². The van der Waals surface area contributed by atoms with Crippen LogP contribution in [0.2, 0.25) is 4.34 Å². The van der Waals surface area contributed by atoms with Gasteiger partial charge in [-0.15, -0.1) is 11.3 Å². The summed E-state index contributed by atoms with van der Waals surface area (Å²) in [6, 6.07) is 9.79. The molecule has 1 atom stereocenters. The zero-order valence-electron chi connectivity index (χ0n) is 18.7. The molecule has 1 aliphatic rings. The van der Waals surface area contributed by atoms with Crippen LogP contribution in [0, 0.1) is 0 Å². The van der Waals surface area contributed by atoms with Crippen molar-refractivity contribution in [1.29, 1.82) is 0 Å². The van der Waals surface area contributed by atoms with E-state index in [1.807, 2.05) is 0 Å². The number of amides is 1. The van der Waals surface area contributed by atoms with E-state index in [1.165, 1.54) is 30.3 Å². The van der Waals surface area contributed by atoms with Gasteiger partial charge in [0, 0.05) is 25.7 Å². The SMILES string of the molecule is CNc1cc(CNC(=O)[C@@H]2C=CCN2S(=O)(=O)c2ccc(Cl)s2)cc(-c2ccc(C(F)(F)F)cc2)n1. The number of hydrogen-bond donors (Lipinski definition) is 2. The maximum Gasteiger partial charge on any atom is 0.416 e. The van der Waals surface area contributed by atoms with E-state index < -0.39 is 33.7 Å². The Kier molecular flexibility index (Phi) is 7.41. The van der Waals surface area contributed by atoms with Crippen LogP contribution in [-0.4, -0.2) is 43.2 Å². The van der Waals surface area contributed by atoms with Gasteiger partial charge in [0.15, 0.2) is 0 Å². The van der Waals surface area contributed by atoms with E-state index in [1.54, 1.807) is 25.3 Å². The monoisotopic (exact) mass is 556 g/mol. The van der Waals surface area contributed by atoms with E-state index in [2.05, 4.69) is 15.6 Å². The topological polar surface area (TPSA) is 91.4 Å². The molecule has 0 fully saturated rings. The Morgan fingerprint density at radius 2 is 1.92 bits per heavy atom. The zero-order valence-corrected chi connectivity index (χ0v) is 21.1. The molecule has 13 heteroatoms. The van der Waals surface area contributed by atoms with E-state index >= 15 is 0 Å². The Balaban J connectivity index is 1.50. The van der Waals surface area contributed by atoms with Gasteiger partial charge < -0.3 is 10.6 Å². The molecule has 4 rings (SSSR count). The molecule has 2 aromatic heterocycles. The molecule has 0 saturated carbocycles. The van der Waals surface area contributed by atoms with Crippen LogP contribution in [0.25, 0.3) is 11.3 Å². The number of carbonyl (C=O) groups is 1. The third kappa shape index (κ3) is 5.56. The van der Waals surface area contributed by atoms with Crippen molar-refractivity contribution in [3.8, 4) is 11.3 Å². The quantitative estimate of drug-likeness (QED) is 0.409. The number of benzene rings is 1. The van der Waals surface area contributed by atoms with Crippen LogP contribution in [0.5, 0.6) is 0 Å². The molecule has 0 bridgehead atoms. The van der Waals surface area contributed by atoms with Crippen molar-refractivity contribution in [3.05, 3.63) is 76.1 Å². The van der Waals surface area contributed by atoms with Gasteiger partial charge in [-0.05, 0) is 42.0 Å². The Morgan fingerprint density at radius 1 is 1.19 bits per heavy atom. The molecular formula is C23H20ClF3N4O3S2. The molecule has 1 aromatic carbocycles. The average molecular weight is 557 g/mol. The van der Waals surface area contributed by atoms with Gasteiger partial charge in [0.2, 0.25) is 5.91 Å². The van der Waals surface area contributed by atoms with Gasteiger partial charge in [-0.2, -0.15) is 17.5 Å². The number of hydrogen-bond acceptors (Lipinski definition) is 6. The fourth-order valence-corrected chi connectivity index (χ4v) is 6.72. The Morgan fingerprint density at radius 3 is 2.53 bits per heavy atom. The first-order valence-corrected chi connectivity index (χ1v) is 13.2. The number of alkyl halides is 3. The van der Waals surface area contributed by atoms with Gasteiger partial charge in [0.05, 0.1) is 15.6 Å². The maximum atomic E-state index is 13.0. The van der Waals surface area contributed by atoms with Gasteiger partial charge in [-0.1, -0.05) is 35.9 Å². The Labute approximate surface area is 214 Å². The molecule has 0 saturated heterocycles. The van der Waals surface area contributed by atoms with Crippen molar-refractivity contribution in [2.75, 3.05) is 18.9 Å². The standard InChI is InChI=1S/C23H20ClF3N4O3S2/c1-28-20-12-14(11-17(30-20)15-4-6-16(7-5-15)23(25,26)27)13-29-22(32)18-3-2-10-31(18)36(33,34)21-9-8-19(24)35-21/h2-9,11-12,18H,10,13H2,1H3,(H,28,30)(H,29,32)/t18-/m0/s1. The van der Waals surface area contributed by atoms with Gasteiger partial charge in [0.1, 0.15) is 16.1 Å². The summed E-state index contributed by atoms with van der Waals surface area (Å²) < 4.78 is 66.1. The number of halogens is 4. The summed E-state index contributed by atoms with van der Waals surface area (Å²) >= 11 is 6.79. The molecule has 36 heavy (non-hydrogen) atoms. The zero-order chi connectivity index (χ0) is 26.1. The van der Waals surface area contributed by atoms with Crippen LogP contribution in [0.1, 0.15) is 11.1 Å². The third-order valence-corrected chi connectivity index (χ3v) is 8.96.